The first-order valence-corrected chi connectivity index (χ1v) is 8.92. The molecule has 2 N–H and O–H groups in total. The van der Waals surface area contributed by atoms with Crippen molar-refractivity contribution < 1.29 is 23.9 Å². The fraction of sp³-hybridized carbons (Fsp3) is 0.474. The minimum Gasteiger partial charge on any atom is -0.451 e. The Labute approximate surface area is 157 Å². The molecule has 4 amide bonds. The molecule has 1 heterocycles. The van der Waals surface area contributed by atoms with E-state index in [1.807, 2.05) is 19.1 Å². The maximum Gasteiger partial charge on any atom is 0.327 e. The van der Waals surface area contributed by atoms with E-state index in [0.717, 1.165) is 23.3 Å². The zero-order valence-electron chi connectivity index (χ0n) is 15.6. The molecule has 1 saturated heterocycles. The third kappa shape index (κ3) is 3.94. The molecule has 8 nitrogen and oxygen atoms in total. The lowest BCUT2D eigenvalue weighted by atomic mass is 9.91. The van der Waals surface area contributed by atoms with Crippen molar-refractivity contribution in [1.82, 2.24) is 15.5 Å². The molecule has 0 bridgehead atoms. The van der Waals surface area contributed by atoms with Crippen LogP contribution in [0.3, 0.4) is 0 Å². The minimum absolute atomic E-state index is 0.153. The number of hydrogen-bond donors (Lipinski definition) is 2. The summed E-state index contributed by atoms with van der Waals surface area (Å²) in [5.41, 5.74) is 0.401. The van der Waals surface area contributed by atoms with E-state index in [0.29, 0.717) is 5.56 Å². The number of hydrogen-bond acceptors (Lipinski definition) is 5. The Morgan fingerprint density at radius 2 is 1.93 bits per heavy atom. The highest BCUT2D eigenvalue weighted by Gasteiger charge is 2.49. The van der Waals surface area contributed by atoms with Gasteiger partial charge in [0.25, 0.3) is 11.8 Å². The number of ether oxygens (including phenoxy) is 1. The number of nitrogens with zero attached hydrogens (tertiary/aromatic N) is 1. The molecule has 2 atom stereocenters. The van der Waals surface area contributed by atoms with Crippen molar-refractivity contribution in [2.75, 3.05) is 6.54 Å². The molecule has 27 heavy (non-hydrogen) atoms. The highest BCUT2D eigenvalue weighted by Crippen LogP contribution is 2.29. The first kappa shape index (κ1) is 18.9. The second kappa shape index (κ2) is 7.02. The van der Waals surface area contributed by atoms with Crippen LogP contribution in [0.4, 0.5) is 4.79 Å². The van der Waals surface area contributed by atoms with E-state index >= 15 is 0 Å². The molecule has 1 aliphatic carbocycles. The second-order valence-corrected chi connectivity index (χ2v) is 7.23. The van der Waals surface area contributed by atoms with Gasteiger partial charge in [-0.25, -0.2) is 4.79 Å². The summed E-state index contributed by atoms with van der Waals surface area (Å²) in [4.78, 5) is 49.8. The minimum atomic E-state index is -1.25. The van der Waals surface area contributed by atoms with Crippen LogP contribution in [0.25, 0.3) is 0 Å². The van der Waals surface area contributed by atoms with Gasteiger partial charge in [0.1, 0.15) is 12.1 Å². The summed E-state index contributed by atoms with van der Waals surface area (Å²) in [6.45, 7) is 4.42. The van der Waals surface area contributed by atoms with Gasteiger partial charge in [-0.05, 0) is 39.2 Å². The van der Waals surface area contributed by atoms with Crippen molar-refractivity contribution in [1.29, 1.82) is 0 Å². The smallest absolute Gasteiger partial charge is 0.327 e. The molecule has 1 aromatic rings. The Morgan fingerprint density at radius 1 is 1.30 bits per heavy atom. The molecule has 1 saturated carbocycles. The summed E-state index contributed by atoms with van der Waals surface area (Å²) in [7, 11) is 0. The summed E-state index contributed by atoms with van der Waals surface area (Å²) < 4.78 is 5.06. The summed E-state index contributed by atoms with van der Waals surface area (Å²) in [6, 6.07) is 6.70. The molecule has 0 aromatic heterocycles. The lowest BCUT2D eigenvalue weighted by molar-refractivity contribution is -0.156. The fourth-order valence-electron chi connectivity index (χ4n) is 2.89. The summed E-state index contributed by atoms with van der Waals surface area (Å²) in [6.07, 6.45) is 0.862. The molecular formula is C19H23N3O5. The number of aryl methyl sites for hydroxylation is 1. The molecule has 3 rings (SSSR count). The third-order valence-electron chi connectivity index (χ3n) is 4.79. The molecular weight excluding hydrogens is 350 g/mol. The molecule has 8 heteroatoms. The van der Waals surface area contributed by atoms with Crippen LogP contribution < -0.4 is 10.6 Å². The van der Waals surface area contributed by atoms with Gasteiger partial charge >= 0.3 is 12.0 Å². The number of rotatable bonds is 6. The number of nitrogens with one attached hydrogen (secondary N) is 2. The van der Waals surface area contributed by atoms with E-state index in [1.54, 1.807) is 19.1 Å². The van der Waals surface area contributed by atoms with Crippen LogP contribution in [-0.2, 0) is 24.7 Å². The predicted molar refractivity (Wildman–Crippen MR) is 95.5 cm³/mol. The van der Waals surface area contributed by atoms with Crippen LogP contribution in [0.5, 0.6) is 0 Å². The molecule has 0 radical (unpaired) electrons. The van der Waals surface area contributed by atoms with E-state index < -0.39 is 36.1 Å². The zero-order valence-corrected chi connectivity index (χ0v) is 15.6. The van der Waals surface area contributed by atoms with Gasteiger partial charge in [-0.1, -0.05) is 29.8 Å². The summed E-state index contributed by atoms with van der Waals surface area (Å²) >= 11 is 0. The van der Waals surface area contributed by atoms with Gasteiger partial charge in [-0.15, -0.1) is 0 Å². The number of urea groups is 1. The van der Waals surface area contributed by atoms with Crippen LogP contribution in [0.15, 0.2) is 24.3 Å². The molecule has 1 aliphatic heterocycles. The molecule has 0 spiro atoms. The Balaban J connectivity index is 1.63. The Hall–Kier alpha value is -2.90. The normalized spacial score (nSPS) is 23.0. The molecule has 144 valence electrons. The second-order valence-electron chi connectivity index (χ2n) is 7.23. The van der Waals surface area contributed by atoms with Gasteiger partial charge in [0.15, 0.2) is 6.10 Å². The maximum absolute atomic E-state index is 12.8. The summed E-state index contributed by atoms with van der Waals surface area (Å²) in [5, 5.41) is 5.37. The number of esters is 1. The highest BCUT2D eigenvalue weighted by molar-refractivity contribution is 6.08. The van der Waals surface area contributed by atoms with Crippen LogP contribution in [-0.4, -0.2) is 47.4 Å². The van der Waals surface area contributed by atoms with E-state index in [1.165, 1.54) is 6.92 Å². The highest BCUT2D eigenvalue weighted by atomic mass is 16.5. The molecule has 2 fully saturated rings. The topological polar surface area (TPSA) is 105 Å². The monoisotopic (exact) mass is 373 g/mol. The van der Waals surface area contributed by atoms with Gasteiger partial charge < -0.3 is 15.4 Å². The lowest BCUT2D eigenvalue weighted by Gasteiger charge is -2.22. The quantitative estimate of drug-likeness (QED) is 0.571. The Kier molecular flexibility index (Phi) is 4.91. The number of carbonyl (C=O) groups is 4. The average molecular weight is 373 g/mol. The molecule has 1 aromatic carbocycles. The molecule has 2 aliphatic rings. The van der Waals surface area contributed by atoms with E-state index in [-0.39, 0.29) is 11.9 Å². The van der Waals surface area contributed by atoms with Gasteiger partial charge in [0.05, 0.1) is 0 Å². The standard InChI is InChI=1S/C19H23N3O5/c1-11-4-6-13(7-5-11)19(3)17(25)22(18(26)21-19)10-15(23)27-12(2)16(24)20-14-8-9-14/h4-7,12,14H,8-10H2,1-3H3,(H,20,24)(H,21,26)/t12-,19+/m1/s1. The third-order valence-corrected chi connectivity index (χ3v) is 4.79. The predicted octanol–water partition coefficient (Wildman–Crippen LogP) is 0.972. The number of carbonyl (C=O) groups excluding carboxylic acids is 4. The SMILES string of the molecule is Cc1ccc([C@]2(C)NC(=O)N(CC(=O)O[C@H](C)C(=O)NC3CC3)C2=O)cc1. The van der Waals surface area contributed by atoms with Crippen molar-refractivity contribution >= 4 is 23.8 Å². The van der Waals surface area contributed by atoms with Crippen molar-refractivity contribution in [3.05, 3.63) is 35.4 Å². The Morgan fingerprint density at radius 3 is 2.52 bits per heavy atom. The van der Waals surface area contributed by atoms with Gasteiger partial charge in [0.2, 0.25) is 0 Å². The first-order chi connectivity index (χ1) is 12.7. The van der Waals surface area contributed by atoms with Crippen LogP contribution >= 0.6 is 0 Å². The largest absolute Gasteiger partial charge is 0.451 e. The van der Waals surface area contributed by atoms with Crippen LogP contribution in [0, 0.1) is 6.92 Å². The number of benzene rings is 1. The van der Waals surface area contributed by atoms with Crippen molar-refractivity contribution in [3.8, 4) is 0 Å². The maximum atomic E-state index is 12.8. The van der Waals surface area contributed by atoms with Crippen LogP contribution in [0.2, 0.25) is 0 Å². The van der Waals surface area contributed by atoms with E-state index in [9.17, 15) is 19.2 Å². The fourth-order valence-corrected chi connectivity index (χ4v) is 2.89. The van der Waals surface area contributed by atoms with Crippen molar-refractivity contribution in [2.45, 2.75) is 51.3 Å². The summed E-state index contributed by atoms with van der Waals surface area (Å²) in [5.74, 6) is -1.74. The first-order valence-electron chi connectivity index (χ1n) is 8.92. The lowest BCUT2D eigenvalue weighted by Crippen LogP contribution is -2.43. The van der Waals surface area contributed by atoms with Gasteiger partial charge in [0, 0.05) is 6.04 Å². The van der Waals surface area contributed by atoms with Crippen molar-refractivity contribution in [2.24, 2.45) is 0 Å². The average Bonchev–Trinajstić information content (AvgIpc) is 3.39. The van der Waals surface area contributed by atoms with Crippen LogP contribution in [0.1, 0.15) is 37.8 Å². The Bertz CT molecular complexity index is 787. The van der Waals surface area contributed by atoms with Crippen molar-refractivity contribution in [3.63, 3.8) is 0 Å². The van der Waals surface area contributed by atoms with Gasteiger partial charge in [-0.2, -0.15) is 0 Å². The number of imide groups is 1. The van der Waals surface area contributed by atoms with E-state index in [4.69, 9.17) is 4.74 Å². The number of amides is 4. The van der Waals surface area contributed by atoms with E-state index in [2.05, 4.69) is 10.6 Å². The zero-order chi connectivity index (χ0) is 19.8. The van der Waals surface area contributed by atoms with Gasteiger partial charge in [-0.3, -0.25) is 19.3 Å². The molecule has 0 unspecified atom stereocenters.